The summed E-state index contributed by atoms with van der Waals surface area (Å²) in [6.45, 7) is 2.45. The van der Waals surface area contributed by atoms with E-state index in [1.807, 2.05) is 0 Å². The molecule has 0 aliphatic carbocycles. The maximum Gasteiger partial charge on any atom is 0.418 e. The highest BCUT2D eigenvalue weighted by atomic mass is 19.4. The van der Waals surface area contributed by atoms with Crippen molar-refractivity contribution in [1.82, 2.24) is 5.32 Å². The molecule has 0 aliphatic heterocycles. The minimum Gasteiger partial charge on any atom is -0.338 e. The van der Waals surface area contributed by atoms with Gasteiger partial charge in [-0.2, -0.15) is 13.2 Å². The van der Waals surface area contributed by atoms with E-state index in [1.165, 1.54) is 6.07 Å². The van der Waals surface area contributed by atoms with Gasteiger partial charge in [0.25, 0.3) is 5.91 Å². The average Bonchev–Trinajstić information content (AvgIpc) is 2.69. The predicted octanol–water partition coefficient (Wildman–Crippen LogP) is 5.66. The lowest BCUT2D eigenvalue weighted by molar-refractivity contribution is -0.136. The van der Waals surface area contributed by atoms with E-state index in [-0.39, 0.29) is 11.4 Å². The Labute approximate surface area is 167 Å². The van der Waals surface area contributed by atoms with Crippen LogP contribution in [0.1, 0.15) is 48.5 Å². The van der Waals surface area contributed by atoms with Gasteiger partial charge < -0.3 is 16.0 Å². The second kappa shape index (κ2) is 10.5. The fraction of sp³-hybridized carbons (Fsp3) is 0.333. The number of hydrogen-bond donors (Lipinski definition) is 3. The second-order valence-electron chi connectivity index (χ2n) is 6.52. The molecule has 3 amide bonds. The number of unbranched alkanes of at least 4 members (excludes halogenated alkanes) is 3. The summed E-state index contributed by atoms with van der Waals surface area (Å²) < 4.78 is 40.3. The van der Waals surface area contributed by atoms with Crippen molar-refractivity contribution in [3.8, 4) is 0 Å². The number of anilines is 2. The van der Waals surface area contributed by atoms with E-state index in [0.29, 0.717) is 12.1 Å². The molecule has 0 heterocycles. The number of halogens is 3. The Morgan fingerprint density at radius 3 is 2.31 bits per heavy atom. The van der Waals surface area contributed by atoms with Crippen LogP contribution in [0.4, 0.5) is 29.3 Å². The number of urea groups is 1. The zero-order chi connectivity index (χ0) is 21.3. The molecule has 3 N–H and O–H groups in total. The summed E-state index contributed by atoms with van der Waals surface area (Å²) in [5.41, 5.74) is -1.10. The molecule has 0 atom stereocenters. The van der Waals surface area contributed by atoms with Crippen molar-refractivity contribution in [3.63, 3.8) is 0 Å². The Balaban J connectivity index is 2.07. The normalized spacial score (nSPS) is 11.0. The van der Waals surface area contributed by atoms with Gasteiger partial charge in [-0.15, -0.1) is 0 Å². The van der Waals surface area contributed by atoms with Crippen LogP contribution in [0.25, 0.3) is 0 Å². The van der Waals surface area contributed by atoms with Gasteiger partial charge in [0.2, 0.25) is 0 Å². The van der Waals surface area contributed by atoms with Crippen LogP contribution in [0.5, 0.6) is 0 Å². The number of alkyl halides is 3. The van der Waals surface area contributed by atoms with Crippen LogP contribution in [0.15, 0.2) is 48.5 Å². The summed E-state index contributed by atoms with van der Waals surface area (Å²) in [6, 6.07) is 10.7. The number of carbonyl (C=O) groups excluding carboxylic acids is 2. The van der Waals surface area contributed by atoms with E-state index in [0.717, 1.165) is 37.8 Å². The molecule has 0 saturated heterocycles. The summed E-state index contributed by atoms with van der Waals surface area (Å²) in [4.78, 5) is 24.1. The van der Waals surface area contributed by atoms with E-state index in [4.69, 9.17) is 0 Å². The Morgan fingerprint density at radius 1 is 0.931 bits per heavy atom. The molecule has 2 rings (SSSR count). The highest BCUT2D eigenvalue weighted by molar-refractivity contribution is 6.04. The molecule has 0 unspecified atom stereocenters. The molecule has 0 aromatic heterocycles. The third-order valence-corrected chi connectivity index (χ3v) is 4.18. The summed E-state index contributed by atoms with van der Waals surface area (Å²) in [6.07, 6.45) is -0.901. The molecule has 29 heavy (non-hydrogen) atoms. The quantitative estimate of drug-likeness (QED) is 0.494. The Kier molecular flexibility index (Phi) is 8.06. The molecule has 0 saturated carbocycles. The Bertz CT molecular complexity index is 824. The van der Waals surface area contributed by atoms with Crippen LogP contribution in [0.2, 0.25) is 0 Å². The summed E-state index contributed by atoms with van der Waals surface area (Å²) in [5, 5.41) is 7.23. The van der Waals surface area contributed by atoms with Crippen molar-refractivity contribution in [2.75, 3.05) is 17.2 Å². The molecule has 8 heteroatoms. The Hall–Kier alpha value is -3.03. The molecular formula is C21H24F3N3O2. The van der Waals surface area contributed by atoms with Gasteiger partial charge in [0.05, 0.1) is 11.3 Å². The minimum atomic E-state index is -4.70. The zero-order valence-corrected chi connectivity index (χ0v) is 16.1. The first-order chi connectivity index (χ1) is 13.8. The predicted molar refractivity (Wildman–Crippen MR) is 107 cm³/mol. The number of hydrogen-bond acceptors (Lipinski definition) is 2. The standard InChI is InChI=1S/C21H24F3N3O2/c1-2-3-4-8-13-25-20(29)27-18-12-11-16(14-17(18)21(22,23)24)26-19(28)15-9-6-5-7-10-15/h5-7,9-12,14H,2-4,8,13H2,1H3,(H,26,28)(H2,25,27,29). The van der Waals surface area contributed by atoms with Gasteiger partial charge in [-0.05, 0) is 36.8 Å². The van der Waals surface area contributed by atoms with Gasteiger partial charge in [-0.3, -0.25) is 4.79 Å². The Morgan fingerprint density at radius 2 is 1.66 bits per heavy atom. The second-order valence-corrected chi connectivity index (χ2v) is 6.52. The maximum absolute atomic E-state index is 13.4. The molecule has 5 nitrogen and oxygen atoms in total. The zero-order valence-electron chi connectivity index (χ0n) is 16.1. The lowest BCUT2D eigenvalue weighted by Gasteiger charge is -2.16. The molecule has 2 aromatic carbocycles. The van der Waals surface area contributed by atoms with Crippen molar-refractivity contribution in [1.29, 1.82) is 0 Å². The van der Waals surface area contributed by atoms with Crippen LogP contribution in [0, 0.1) is 0 Å². The van der Waals surface area contributed by atoms with Crippen LogP contribution in [-0.4, -0.2) is 18.5 Å². The van der Waals surface area contributed by atoms with Gasteiger partial charge in [-0.1, -0.05) is 44.4 Å². The van der Waals surface area contributed by atoms with E-state index in [9.17, 15) is 22.8 Å². The largest absolute Gasteiger partial charge is 0.418 e. The molecule has 156 valence electrons. The fourth-order valence-electron chi connectivity index (χ4n) is 2.68. The summed E-state index contributed by atoms with van der Waals surface area (Å²) >= 11 is 0. The van der Waals surface area contributed by atoms with Gasteiger partial charge >= 0.3 is 12.2 Å². The lowest BCUT2D eigenvalue weighted by atomic mass is 10.1. The van der Waals surface area contributed by atoms with Crippen molar-refractivity contribution in [2.45, 2.75) is 38.8 Å². The molecular weight excluding hydrogens is 383 g/mol. The highest BCUT2D eigenvalue weighted by Gasteiger charge is 2.34. The van der Waals surface area contributed by atoms with E-state index >= 15 is 0 Å². The summed E-state index contributed by atoms with van der Waals surface area (Å²) in [7, 11) is 0. The smallest absolute Gasteiger partial charge is 0.338 e. The SMILES string of the molecule is CCCCCCNC(=O)Nc1ccc(NC(=O)c2ccccc2)cc1C(F)(F)F. The van der Waals surface area contributed by atoms with Crippen molar-refractivity contribution in [3.05, 3.63) is 59.7 Å². The molecule has 0 radical (unpaired) electrons. The van der Waals surface area contributed by atoms with Gasteiger partial charge in [-0.25, -0.2) is 4.79 Å². The average molecular weight is 407 g/mol. The number of benzene rings is 2. The topological polar surface area (TPSA) is 70.2 Å². The van der Waals surface area contributed by atoms with E-state index in [2.05, 4.69) is 22.9 Å². The number of amides is 3. The van der Waals surface area contributed by atoms with Crippen molar-refractivity contribution in [2.24, 2.45) is 0 Å². The third-order valence-electron chi connectivity index (χ3n) is 4.18. The van der Waals surface area contributed by atoms with Gasteiger partial charge in [0.1, 0.15) is 0 Å². The van der Waals surface area contributed by atoms with Crippen LogP contribution < -0.4 is 16.0 Å². The summed E-state index contributed by atoms with van der Waals surface area (Å²) in [5.74, 6) is -0.524. The fourth-order valence-corrected chi connectivity index (χ4v) is 2.68. The molecule has 0 bridgehead atoms. The van der Waals surface area contributed by atoms with E-state index < -0.39 is 23.7 Å². The van der Waals surface area contributed by atoms with Gasteiger partial charge in [0, 0.05) is 17.8 Å². The number of nitrogens with one attached hydrogen (secondary N) is 3. The molecule has 0 aliphatic rings. The van der Waals surface area contributed by atoms with Gasteiger partial charge in [0.15, 0.2) is 0 Å². The van der Waals surface area contributed by atoms with E-state index in [1.54, 1.807) is 30.3 Å². The molecule has 2 aromatic rings. The van der Waals surface area contributed by atoms with Crippen molar-refractivity contribution < 1.29 is 22.8 Å². The monoisotopic (exact) mass is 407 g/mol. The maximum atomic E-state index is 13.4. The molecule has 0 spiro atoms. The van der Waals surface area contributed by atoms with Crippen LogP contribution in [0.3, 0.4) is 0 Å². The van der Waals surface area contributed by atoms with Crippen molar-refractivity contribution >= 4 is 23.3 Å². The highest BCUT2D eigenvalue weighted by Crippen LogP contribution is 2.36. The number of rotatable bonds is 8. The van der Waals surface area contributed by atoms with Crippen LogP contribution in [-0.2, 0) is 6.18 Å². The lowest BCUT2D eigenvalue weighted by Crippen LogP contribution is -2.30. The first-order valence-corrected chi connectivity index (χ1v) is 9.43. The minimum absolute atomic E-state index is 0.0169. The third kappa shape index (κ3) is 7.14. The van der Waals surface area contributed by atoms with Crippen LogP contribution >= 0.6 is 0 Å². The number of carbonyl (C=O) groups is 2. The first-order valence-electron chi connectivity index (χ1n) is 9.43. The first kappa shape index (κ1) is 22.3. The molecule has 0 fully saturated rings.